The number of esters is 2. The summed E-state index contributed by atoms with van der Waals surface area (Å²) in [7, 11) is 1.41. The minimum absolute atomic E-state index is 0.00434. The van der Waals surface area contributed by atoms with Crippen LogP contribution in [0.3, 0.4) is 0 Å². The molecular weight excluding hydrogens is 1020 g/mol. The van der Waals surface area contributed by atoms with Gasteiger partial charge in [0.25, 0.3) is 0 Å². The van der Waals surface area contributed by atoms with Crippen molar-refractivity contribution in [1.29, 1.82) is 0 Å². The summed E-state index contributed by atoms with van der Waals surface area (Å²) in [6.07, 6.45) is -8.82. The number of ether oxygens (including phenoxy) is 7. The summed E-state index contributed by atoms with van der Waals surface area (Å²) >= 11 is 0. The number of halogens is 2. The normalized spacial score (nSPS) is 44.8. The van der Waals surface area contributed by atoms with Crippen molar-refractivity contribution in [2.75, 3.05) is 13.7 Å². The number of nitrogens with one attached hydrogen (secondary N) is 1. The number of hydrogen-bond donors (Lipinski definition) is 8. The van der Waals surface area contributed by atoms with E-state index in [2.05, 4.69) is 26.1 Å². The van der Waals surface area contributed by atoms with Crippen LogP contribution in [0.2, 0.25) is 0 Å². The maximum Gasteiger partial charge on any atom is 0.332 e. The topological polar surface area (TPSA) is 292 Å². The third-order valence-corrected chi connectivity index (χ3v) is 21.2. The fourth-order valence-electron chi connectivity index (χ4n) is 16.9. The van der Waals surface area contributed by atoms with Gasteiger partial charge in [0.05, 0.1) is 43.9 Å². The van der Waals surface area contributed by atoms with Crippen LogP contribution in [0.5, 0.6) is 0 Å². The molecule has 78 heavy (non-hydrogen) atoms. The molecule has 2 heterocycles. The smallest absolute Gasteiger partial charge is 0.332 e. The van der Waals surface area contributed by atoms with Gasteiger partial charge in [0, 0.05) is 25.3 Å². The Hall–Kier alpha value is -2.70. The molecule has 0 bridgehead atoms. The van der Waals surface area contributed by atoms with Gasteiger partial charge in [-0.3, -0.25) is 14.4 Å². The molecule has 6 saturated carbocycles. The Balaban J connectivity index is 1.11. The van der Waals surface area contributed by atoms with Gasteiger partial charge >= 0.3 is 17.9 Å². The average Bonchev–Trinajstić information content (AvgIpc) is 3.94. The molecule has 0 spiro atoms. The third kappa shape index (κ3) is 12.8. The number of hydrogen-bond acceptors (Lipinski definition) is 17. The molecule has 2 saturated heterocycles. The minimum Gasteiger partial charge on any atom is -0.479 e. The molecule has 0 aromatic heterocycles. The lowest BCUT2D eigenvalue weighted by atomic mass is 9.43. The first-order valence-electron chi connectivity index (χ1n) is 29.4. The van der Waals surface area contributed by atoms with E-state index in [9.17, 15) is 53.8 Å². The lowest BCUT2D eigenvalue weighted by molar-refractivity contribution is -0.366. The summed E-state index contributed by atoms with van der Waals surface area (Å²) in [4.78, 5) is 53.5. The second kappa shape index (κ2) is 25.8. The molecule has 8 fully saturated rings. The van der Waals surface area contributed by atoms with Gasteiger partial charge in [0.1, 0.15) is 36.6 Å². The van der Waals surface area contributed by atoms with E-state index in [4.69, 9.17) is 38.9 Å². The van der Waals surface area contributed by atoms with Gasteiger partial charge in [-0.25, -0.2) is 13.6 Å². The largest absolute Gasteiger partial charge is 0.479 e. The van der Waals surface area contributed by atoms with Crippen molar-refractivity contribution in [3.05, 3.63) is 0 Å². The quantitative estimate of drug-likeness (QED) is 0.0793. The lowest BCUT2D eigenvalue weighted by Crippen LogP contribution is -2.67. The van der Waals surface area contributed by atoms with Gasteiger partial charge in [-0.05, 0) is 129 Å². The first-order valence-corrected chi connectivity index (χ1v) is 29.4. The zero-order valence-corrected chi connectivity index (χ0v) is 46.6. The predicted molar refractivity (Wildman–Crippen MR) is 274 cm³/mol. The average molecular weight is 1120 g/mol. The standard InChI is InChI=1S/C57H92F2N2O17/c1-7-30-22-31(52(70)74-37-25-32-24-33(60)17-19-56(32,4)36-18-20-57(5)34(14-15-35(57)42(36)37)27(2)13-16-41(64)72-6)23-38(48(30)77-55-47(67)46(66)43(50(58)59)53(71)78-55)75-54-44(61-28(3)63)49(45(65)40(26-62)76-54)73-39(51(68)69)21-29-11-9-8-10-12-29/h27,29-40,42-50,53-55,62,65-67,71H,7-26,60H2,1-6H3,(H,61,63)(H,68,69)/t27-,30?,31?,32-,33-,34+,35-,36-,37+,38+,39-,40+,42-,43?,44+,45-,46?,47?,48+,49-,53?,54+,55?,56-,57+/m0/s1. The number of aliphatic hydroxyl groups is 5. The molecule has 19 nitrogen and oxygen atoms in total. The Bertz CT molecular complexity index is 2040. The Morgan fingerprint density at radius 1 is 0.821 bits per heavy atom. The van der Waals surface area contributed by atoms with Crippen LogP contribution in [0.25, 0.3) is 0 Å². The number of carbonyl (C=O) groups is 4. The van der Waals surface area contributed by atoms with Crippen molar-refractivity contribution in [2.45, 2.75) is 249 Å². The second-order valence-electron chi connectivity index (χ2n) is 25.6. The monoisotopic (exact) mass is 1110 g/mol. The molecule has 446 valence electrons. The first kappa shape index (κ1) is 61.4. The summed E-state index contributed by atoms with van der Waals surface area (Å²) in [6.45, 7) is 9.31. The maximum atomic E-state index is 15.3. The van der Waals surface area contributed by atoms with E-state index in [-0.39, 0.29) is 77.6 Å². The van der Waals surface area contributed by atoms with Gasteiger partial charge < -0.3 is 74.8 Å². The van der Waals surface area contributed by atoms with Gasteiger partial charge in [-0.2, -0.15) is 0 Å². The van der Waals surface area contributed by atoms with E-state index >= 15 is 4.79 Å². The van der Waals surface area contributed by atoms with Crippen LogP contribution in [0.15, 0.2) is 0 Å². The van der Waals surface area contributed by atoms with Crippen LogP contribution in [-0.4, -0.2) is 160 Å². The highest BCUT2D eigenvalue weighted by atomic mass is 19.3. The molecule has 9 N–H and O–H groups in total. The molecule has 2 aliphatic heterocycles. The van der Waals surface area contributed by atoms with Crippen molar-refractivity contribution < 1.29 is 91.8 Å². The van der Waals surface area contributed by atoms with E-state index in [1.165, 1.54) is 14.0 Å². The Morgan fingerprint density at radius 2 is 1.53 bits per heavy atom. The van der Waals surface area contributed by atoms with E-state index in [1.807, 2.05) is 6.92 Å². The zero-order chi connectivity index (χ0) is 56.5. The molecule has 7 unspecified atom stereocenters. The summed E-state index contributed by atoms with van der Waals surface area (Å²) < 4.78 is 71.3. The van der Waals surface area contributed by atoms with Crippen LogP contribution in [0, 0.1) is 70.0 Å². The Kier molecular flexibility index (Phi) is 20.3. The van der Waals surface area contributed by atoms with E-state index < -0.39 is 128 Å². The van der Waals surface area contributed by atoms with Crippen LogP contribution >= 0.6 is 0 Å². The number of methoxy groups -OCH3 is 1. The summed E-state index contributed by atoms with van der Waals surface area (Å²) in [5, 5.41) is 68.4. The highest BCUT2D eigenvalue weighted by molar-refractivity contribution is 5.74. The molecule has 0 radical (unpaired) electrons. The summed E-state index contributed by atoms with van der Waals surface area (Å²) in [5.74, 6) is -4.81. The molecule has 8 aliphatic rings. The number of amides is 1. The Morgan fingerprint density at radius 3 is 2.18 bits per heavy atom. The maximum absolute atomic E-state index is 15.3. The van der Waals surface area contributed by atoms with E-state index in [1.54, 1.807) is 0 Å². The third-order valence-electron chi connectivity index (χ3n) is 21.2. The number of nitrogens with two attached hydrogens (primary N) is 1. The first-order chi connectivity index (χ1) is 37.0. The molecule has 0 aromatic rings. The Labute approximate surface area is 458 Å². The molecule has 0 aromatic carbocycles. The lowest BCUT2D eigenvalue weighted by Gasteiger charge is -2.63. The summed E-state index contributed by atoms with van der Waals surface area (Å²) in [5.41, 5.74) is 6.63. The summed E-state index contributed by atoms with van der Waals surface area (Å²) in [6, 6.07) is -1.39. The SMILES string of the molecule is CCC1CC(C(=O)O[C@@H]2C[C@@H]3C[C@@H](N)CC[C@]3(C)[C@H]3CC[C@]4(C)[C@@H]([C@@H](C)CCC(=O)OC)CC[C@H]4[C@H]23)C[C@@H](O[C@@H]2O[C@H](CO)[C@H](O)[C@@H](O[C@@H](CC3CCCCC3)C(=O)O)[C@H]2NC(C)=O)[C@@H]1OC1OC(O)C(C(F)F)C(O)C1O. The van der Waals surface area contributed by atoms with Crippen LogP contribution in [-0.2, 0) is 52.3 Å². The van der Waals surface area contributed by atoms with Gasteiger partial charge in [0.15, 0.2) is 25.0 Å². The number of alkyl halides is 2. The highest BCUT2D eigenvalue weighted by Crippen LogP contribution is 2.69. The number of carboxylic acid groups (broad SMARTS) is 1. The van der Waals surface area contributed by atoms with Crippen molar-refractivity contribution in [3.63, 3.8) is 0 Å². The number of carboxylic acids is 1. The minimum atomic E-state index is -3.27. The number of aliphatic hydroxyl groups excluding tert-OH is 5. The number of rotatable bonds is 19. The van der Waals surface area contributed by atoms with Crippen LogP contribution in [0.4, 0.5) is 8.78 Å². The number of fused-ring (bicyclic) bond motifs is 5. The fourth-order valence-corrected chi connectivity index (χ4v) is 16.9. The molecule has 21 heteroatoms. The molecule has 6 aliphatic carbocycles. The van der Waals surface area contributed by atoms with Gasteiger partial charge in [-0.1, -0.05) is 66.2 Å². The van der Waals surface area contributed by atoms with Gasteiger partial charge in [-0.15, -0.1) is 0 Å². The fraction of sp³-hybridized carbons (Fsp3) is 0.930. The zero-order valence-electron chi connectivity index (χ0n) is 46.6. The second-order valence-corrected chi connectivity index (χ2v) is 25.6. The van der Waals surface area contributed by atoms with Crippen molar-refractivity contribution >= 4 is 23.8 Å². The van der Waals surface area contributed by atoms with Crippen molar-refractivity contribution in [3.8, 4) is 0 Å². The number of aliphatic carboxylic acids is 1. The molecular formula is C57H92F2N2O17. The predicted octanol–water partition coefficient (Wildman–Crippen LogP) is 4.96. The number of carbonyl (C=O) groups excluding carboxylic acids is 3. The van der Waals surface area contributed by atoms with E-state index in [0.29, 0.717) is 25.2 Å². The van der Waals surface area contributed by atoms with Gasteiger partial charge in [0.2, 0.25) is 12.3 Å². The van der Waals surface area contributed by atoms with E-state index in [0.717, 1.165) is 83.5 Å². The molecule has 8 rings (SSSR count). The van der Waals surface area contributed by atoms with Crippen LogP contribution < -0.4 is 11.1 Å². The van der Waals surface area contributed by atoms with Crippen LogP contribution in [0.1, 0.15) is 157 Å². The van der Waals surface area contributed by atoms with Crippen molar-refractivity contribution in [1.82, 2.24) is 5.32 Å². The molecule has 1 amide bonds. The van der Waals surface area contributed by atoms with Crippen molar-refractivity contribution in [2.24, 2.45) is 75.7 Å². The molecule has 25 atom stereocenters. The highest BCUT2D eigenvalue weighted by Gasteiger charge is 2.64.